The van der Waals surface area contributed by atoms with Gasteiger partial charge in [-0.1, -0.05) is 27.7 Å². The van der Waals surface area contributed by atoms with Crippen LogP contribution >= 0.6 is 23.3 Å². The number of benzene rings is 1. The number of hydrogen-bond donors (Lipinski definition) is 3. The van der Waals surface area contributed by atoms with Gasteiger partial charge in [0.25, 0.3) is 0 Å². The minimum atomic E-state index is -0.914. The third-order valence-electron chi connectivity index (χ3n) is 4.61. The van der Waals surface area contributed by atoms with E-state index in [1.807, 2.05) is 52.8 Å². The summed E-state index contributed by atoms with van der Waals surface area (Å²) in [5, 5.41) is 22.6. The second-order valence-corrected chi connectivity index (χ2v) is 10.6. The first kappa shape index (κ1) is 23.3. The highest BCUT2D eigenvalue weighted by molar-refractivity contribution is 7.99. The van der Waals surface area contributed by atoms with Crippen LogP contribution < -0.4 is 10.0 Å². The van der Waals surface area contributed by atoms with Gasteiger partial charge in [-0.05, 0) is 79.4 Å². The zero-order valence-electron chi connectivity index (χ0n) is 18.0. The normalized spacial score (nSPS) is 11.6. The third-order valence-corrected chi connectivity index (χ3v) is 6.56. The summed E-state index contributed by atoms with van der Waals surface area (Å²) in [7, 11) is 0. The van der Waals surface area contributed by atoms with Crippen LogP contribution in [0.2, 0.25) is 0 Å². The minimum Gasteiger partial charge on any atom is -0.386 e. The summed E-state index contributed by atoms with van der Waals surface area (Å²) in [6.07, 6.45) is 0. The van der Waals surface area contributed by atoms with E-state index < -0.39 is 5.60 Å². The quantitative estimate of drug-likeness (QED) is 0.473. The average Bonchev–Trinajstić information content (AvgIpc) is 3.00. The zero-order chi connectivity index (χ0) is 21.9. The van der Waals surface area contributed by atoms with Crippen molar-refractivity contribution in [1.82, 2.24) is 4.72 Å². The van der Waals surface area contributed by atoms with Gasteiger partial charge in [-0.25, -0.2) is 4.79 Å². The van der Waals surface area contributed by atoms with E-state index in [4.69, 9.17) is 0 Å². The number of aliphatic hydroxyl groups is 1. The molecule has 0 aliphatic rings. The molecule has 0 fully saturated rings. The molecule has 0 bridgehead atoms. The summed E-state index contributed by atoms with van der Waals surface area (Å²) in [5.74, 6) is 0.330. The van der Waals surface area contributed by atoms with Crippen LogP contribution in [-0.2, 0) is 5.60 Å². The molecule has 0 aliphatic heterocycles. The molecule has 2 rings (SSSR count). The Kier molecular flexibility index (Phi) is 7.39. The fraction of sp³-hybridized carbons (Fsp3) is 0.455. The molecule has 0 radical (unpaired) electrons. The maximum absolute atomic E-state index is 12.6. The van der Waals surface area contributed by atoms with Crippen LogP contribution in [0.4, 0.5) is 10.5 Å². The van der Waals surface area contributed by atoms with Crippen molar-refractivity contribution in [3.05, 3.63) is 45.3 Å². The average molecular weight is 432 g/mol. The summed E-state index contributed by atoms with van der Waals surface area (Å²) in [6.45, 7) is 13.7. The molecule has 1 heterocycles. The molecular weight excluding hydrogens is 402 g/mol. The molecule has 0 aliphatic carbocycles. The van der Waals surface area contributed by atoms with Crippen molar-refractivity contribution < 1.29 is 9.90 Å². The Morgan fingerprint density at radius 3 is 2.14 bits per heavy atom. The molecule has 0 saturated heterocycles. The lowest BCUT2D eigenvalue weighted by atomic mass is 9.90. The fourth-order valence-corrected chi connectivity index (χ4v) is 5.14. The maximum Gasteiger partial charge on any atom is 0.329 e. The number of urea groups is 1. The van der Waals surface area contributed by atoms with Gasteiger partial charge in [0.15, 0.2) is 0 Å². The van der Waals surface area contributed by atoms with Gasteiger partial charge in [0.1, 0.15) is 0 Å². The van der Waals surface area contributed by atoms with Gasteiger partial charge >= 0.3 is 6.03 Å². The number of thiophene rings is 1. The van der Waals surface area contributed by atoms with Gasteiger partial charge in [0.2, 0.25) is 0 Å². The largest absolute Gasteiger partial charge is 0.386 e. The van der Waals surface area contributed by atoms with E-state index >= 15 is 0 Å². The highest BCUT2D eigenvalue weighted by Crippen LogP contribution is 2.36. The van der Waals surface area contributed by atoms with E-state index in [1.165, 1.54) is 23.3 Å². The Morgan fingerprint density at radius 1 is 1.17 bits per heavy atom. The monoisotopic (exact) mass is 431 g/mol. The van der Waals surface area contributed by atoms with Gasteiger partial charge in [0, 0.05) is 10.6 Å². The van der Waals surface area contributed by atoms with Crippen LogP contribution in [0.25, 0.3) is 0 Å². The molecule has 0 saturated carbocycles. The number of aryl methyl sites for hydroxylation is 1. The third kappa shape index (κ3) is 5.75. The van der Waals surface area contributed by atoms with Crippen LogP contribution in [0.5, 0.6) is 0 Å². The molecule has 7 heteroatoms. The highest BCUT2D eigenvalue weighted by atomic mass is 32.2. The number of hydrogen-bond acceptors (Lipinski definition) is 5. The predicted octanol–water partition coefficient (Wildman–Crippen LogP) is 6.23. The summed E-state index contributed by atoms with van der Waals surface area (Å²) < 4.78 is 3.74. The zero-order valence-corrected chi connectivity index (χ0v) is 19.6. The summed E-state index contributed by atoms with van der Waals surface area (Å²) in [5.41, 5.74) is 3.22. The van der Waals surface area contributed by atoms with E-state index in [0.29, 0.717) is 5.56 Å². The second kappa shape index (κ2) is 9.21. The molecule has 1 aromatic carbocycles. The number of amides is 2. The van der Waals surface area contributed by atoms with Gasteiger partial charge < -0.3 is 10.4 Å². The van der Waals surface area contributed by atoms with Crippen LogP contribution in [0.3, 0.4) is 0 Å². The first-order chi connectivity index (χ1) is 13.4. The van der Waals surface area contributed by atoms with Gasteiger partial charge in [-0.3, -0.25) is 4.72 Å². The Balaban J connectivity index is 2.22. The van der Waals surface area contributed by atoms with E-state index in [1.54, 1.807) is 13.8 Å². The van der Waals surface area contributed by atoms with Crippen molar-refractivity contribution in [2.24, 2.45) is 0 Å². The van der Waals surface area contributed by atoms with E-state index in [2.05, 4.69) is 16.1 Å². The smallest absolute Gasteiger partial charge is 0.329 e. The standard InChI is InChI=1S/C22H29N3O2S2/c1-12(2)16-8-15(11-23)9-17(13(3)4)20(16)24-21(26)25-29-19-10-18(14(5)28-19)22(6,7)27/h8-10,12-13,27H,1-7H3,(H2,24,25,26). The Morgan fingerprint density at radius 2 is 1.72 bits per heavy atom. The molecule has 3 N–H and O–H groups in total. The molecule has 2 aromatic rings. The van der Waals surface area contributed by atoms with Crippen molar-refractivity contribution in [3.63, 3.8) is 0 Å². The van der Waals surface area contributed by atoms with E-state index in [-0.39, 0.29) is 17.9 Å². The Hall–Kier alpha value is -2.01. The van der Waals surface area contributed by atoms with Crippen molar-refractivity contribution in [3.8, 4) is 6.07 Å². The van der Waals surface area contributed by atoms with Crippen molar-refractivity contribution in [2.45, 2.75) is 70.1 Å². The Labute approximate surface area is 181 Å². The van der Waals surface area contributed by atoms with Gasteiger partial charge in [-0.15, -0.1) is 11.3 Å². The number of rotatable bonds is 6. The molecule has 156 valence electrons. The summed E-state index contributed by atoms with van der Waals surface area (Å²) in [4.78, 5) is 13.7. The summed E-state index contributed by atoms with van der Waals surface area (Å²) in [6, 6.07) is 7.49. The van der Waals surface area contributed by atoms with Crippen molar-refractivity contribution in [1.29, 1.82) is 5.26 Å². The second-order valence-electron chi connectivity index (χ2n) is 8.20. The number of nitrogens with zero attached hydrogens (tertiary/aromatic N) is 1. The number of anilines is 1. The minimum absolute atomic E-state index is 0.165. The highest BCUT2D eigenvalue weighted by Gasteiger charge is 2.22. The molecule has 0 spiro atoms. The molecular formula is C22H29N3O2S2. The molecule has 0 unspecified atom stereocenters. The van der Waals surface area contributed by atoms with Crippen LogP contribution in [-0.4, -0.2) is 11.1 Å². The lowest BCUT2D eigenvalue weighted by Gasteiger charge is -2.21. The molecule has 1 aromatic heterocycles. The SMILES string of the molecule is Cc1sc(SNC(=O)Nc2c(C(C)C)cc(C#N)cc2C(C)C)cc1C(C)(C)O. The summed E-state index contributed by atoms with van der Waals surface area (Å²) >= 11 is 2.76. The molecule has 2 amide bonds. The molecule has 0 atom stereocenters. The lowest BCUT2D eigenvalue weighted by molar-refractivity contribution is 0.0783. The predicted molar refractivity (Wildman–Crippen MR) is 122 cm³/mol. The van der Waals surface area contributed by atoms with Gasteiger partial charge in [-0.2, -0.15) is 5.26 Å². The van der Waals surface area contributed by atoms with Crippen LogP contribution in [0.1, 0.15) is 80.5 Å². The topological polar surface area (TPSA) is 85.2 Å². The van der Waals surface area contributed by atoms with Crippen molar-refractivity contribution >= 4 is 35.0 Å². The molecule has 5 nitrogen and oxygen atoms in total. The lowest BCUT2D eigenvalue weighted by Crippen LogP contribution is -2.24. The number of carbonyl (C=O) groups excluding carboxylic acids is 1. The van der Waals surface area contributed by atoms with Crippen LogP contribution in [0, 0.1) is 18.3 Å². The maximum atomic E-state index is 12.6. The van der Waals surface area contributed by atoms with Gasteiger partial charge in [0.05, 0.1) is 21.4 Å². The first-order valence-corrected chi connectivity index (χ1v) is 11.2. The first-order valence-electron chi connectivity index (χ1n) is 9.59. The van der Waals surface area contributed by atoms with Crippen LogP contribution in [0.15, 0.2) is 22.4 Å². The number of nitrogens with one attached hydrogen (secondary N) is 2. The van der Waals surface area contributed by atoms with E-state index in [9.17, 15) is 15.2 Å². The number of nitriles is 1. The number of carbonyl (C=O) groups is 1. The van der Waals surface area contributed by atoms with E-state index in [0.717, 1.165) is 31.5 Å². The van der Waals surface area contributed by atoms with Crippen molar-refractivity contribution in [2.75, 3.05) is 5.32 Å². The Bertz CT molecular complexity index is 906. The molecule has 29 heavy (non-hydrogen) atoms. The fourth-order valence-electron chi connectivity index (χ4n) is 3.16.